The molecule has 0 N–H and O–H groups in total. The molecule has 0 rings (SSSR count). The van der Waals surface area contributed by atoms with E-state index in [0.717, 1.165) is 0 Å². The predicted octanol–water partition coefficient (Wildman–Crippen LogP) is 3.92. The lowest BCUT2D eigenvalue weighted by atomic mass is 9.82. The molecule has 0 amide bonds. The highest BCUT2D eigenvalue weighted by atomic mass is 28.4. The van der Waals surface area contributed by atoms with Gasteiger partial charge in [-0.2, -0.15) is 0 Å². The first kappa shape index (κ1) is 21.1. The van der Waals surface area contributed by atoms with Crippen LogP contribution in [0, 0.1) is 5.41 Å². The molecule has 0 fully saturated rings. The van der Waals surface area contributed by atoms with Gasteiger partial charge in [-0.15, -0.1) is 0 Å². The largest absolute Gasteiger partial charge is 0.420 e. The van der Waals surface area contributed by atoms with E-state index in [1.807, 2.05) is 7.11 Å². The maximum atomic E-state index is 5.96. The predicted molar refractivity (Wildman–Crippen MR) is 97.6 cm³/mol. The van der Waals surface area contributed by atoms with E-state index < -0.39 is 8.32 Å². The Morgan fingerprint density at radius 2 is 1.38 bits per heavy atom. The third-order valence-corrected chi connectivity index (χ3v) is 8.90. The van der Waals surface area contributed by atoms with Crippen LogP contribution in [-0.4, -0.2) is 66.5 Å². The smallest absolute Gasteiger partial charge is 0.189 e. The average Bonchev–Trinajstić information content (AvgIpc) is 2.37. The van der Waals surface area contributed by atoms with Crippen molar-refractivity contribution in [3.05, 3.63) is 0 Å². The molecule has 0 aromatic heterocycles. The second kappa shape index (κ2) is 9.98. The minimum atomic E-state index is -1.51. The number of hydrogen-bond acceptors (Lipinski definition) is 3. The van der Waals surface area contributed by atoms with Crippen LogP contribution in [0.2, 0.25) is 18.6 Å². The zero-order chi connectivity index (χ0) is 16.5. The zero-order valence-corrected chi connectivity index (χ0v) is 17.0. The Morgan fingerprint density at radius 3 is 1.67 bits per heavy atom. The first-order chi connectivity index (χ1) is 9.66. The highest BCUT2D eigenvalue weighted by molar-refractivity contribution is 6.72. The molecule has 4 heteroatoms. The zero-order valence-electron chi connectivity index (χ0n) is 16.0. The summed E-state index contributed by atoms with van der Waals surface area (Å²) in [6.45, 7) is 9.60. The standard InChI is InChI=1S/C17H40N2OSi/c1-9-21(8,20-7)16-17(2,12-10-14-18(3)4)13-11-15-19(5)6/h9-16H2,1-8H3. The molecule has 0 aromatic carbocycles. The lowest BCUT2D eigenvalue weighted by molar-refractivity contribution is 0.241. The molecule has 3 nitrogen and oxygen atoms in total. The molecule has 0 aromatic rings. The molecule has 128 valence electrons. The van der Waals surface area contributed by atoms with E-state index in [2.05, 4.69) is 58.4 Å². The molecule has 0 heterocycles. The molecule has 0 spiro atoms. The van der Waals surface area contributed by atoms with Crippen LogP contribution in [0.5, 0.6) is 0 Å². The van der Waals surface area contributed by atoms with Crippen LogP contribution in [-0.2, 0) is 4.43 Å². The van der Waals surface area contributed by atoms with E-state index in [1.165, 1.54) is 50.9 Å². The van der Waals surface area contributed by atoms with Crippen molar-refractivity contribution >= 4 is 8.32 Å². The second-order valence-electron chi connectivity index (χ2n) is 7.81. The van der Waals surface area contributed by atoms with Crippen LogP contribution in [0.15, 0.2) is 0 Å². The first-order valence-electron chi connectivity index (χ1n) is 8.51. The van der Waals surface area contributed by atoms with Gasteiger partial charge in [0.05, 0.1) is 0 Å². The van der Waals surface area contributed by atoms with Crippen molar-refractivity contribution in [1.29, 1.82) is 0 Å². The summed E-state index contributed by atoms with van der Waals surface area (Å²) in [4.78, 5) is 4.60. The molecule has 0 saturated carbocycles. The normalized spacial score (nSPS) is 15.7. The lowest BCUT2D eigenvalue weighted by Crippen LogP contribution is -2.39. The van der Waals surface area contributed by atoms with Gasteiger partial charge >= 0.3 is 0 Å². The van der Waals surface area contributed by atoms with Gasteiger partial charge in [0.1, 0.15) is 0 Å². The summed E-state index contributed by atoms with van der Waals surface area (Å²) in [7, 11) is 9.09. The van der Waals surface area contributed by atoms with Gasteiger partial charge in [0.15, 0.2) is 8.32 Å². The number of nitrogens with zero attached hydrogens (tertiary/aromatic N) is 2. The maximum Gasteiger partial charge on any atom is 0.189 e. The fourth-order valence-electron chi connectivity index (χ4n) is 3.19. The van der Waals surface area contributed by atoms with Crippen LogP contribution < -0.4 is 0 Å². The minimum absolute atomic E-state index is 0.443. The molecule has 0 radical (unpaired) electrons. The molecule has 1 atom stereocenters. The Labute approximate surface area is 135 Å². The Morgan fingerprint density at radius 1 is 0.952 bits per heavy atom. The third-order valence-electron chi connectivity index (χ3n) is 4.81. The summed E-state index contributed by atoms with van der Waals surface area (Å²) in [5.74, 6) is 0. The van der Waals surface area contributed by atoms with Crippen molar-refractivity contribution in [2.75, 3.05) is 48.4 Å². The first-order valence-corrected chi connectivity index (χ1v) is 11.3. The highest BCUT2D eigenvalue weighted by Gasteiger charge is 2.36. The minimum Gasteiger partial charge on any atom is -0.420 e. The van der Waals surface area contributed by atoms with E-state index in [1.54, 1.807) is 0 Å². The Hall–Kier alpha value is 0.0969. The average molecular weight is 317 g/mol. The van der Waals surface area contributed by atoms with Crippen molar-refractivity contribution in [2.24, 2.45) is 5.41 Å². The van der Waals surface area contributed by atoms with Crippen LogP contribution in [0.1, 0.15) is 39.5 Å². The van der Waals surface area contributed by atoms with E-state index in [9.17, 15) is 0 Å². The molecular formula is C17H40N2OSi. The molecule has 0 saturated heterocycles. The molecule has 0 aliphatic rings. The van der Waals surface area contributed by atoms with Gasteiger partial charge in [-0.25, -0.2) is 0 Å². The Bertz CT molecular complexity index is 252. The van der Waals surface area contributed by atoms with Crippen LogP contribution >= 0.6 is 0 Å². The summed E-state index contributed by atoms with van der Waals surface area (Å²) in [5.41, 5.74) is 0.443. The Kier molecular flexibility index (Phi) is 10.0. The Balaban J connectivity index is 4.64. The lowest BCUT2D eigenvalue weighted by Gasteiger charge is -2.38. The molecular weight excluding hydrogens is 276 g/mol. The van der Waals surface area contributed by atoms with Gasteiger partial charge < -0.3 is 14.2 Å². The highest BCUT2D eigenvalue weighted by Crippen LogP contribution is 2.39. The van der Waals surface area contributed by atoms with E-state index in [0.29, 0.717) is 5.41 Å². The van der Waals surface area contributed by atoms with Gasteiger partial charge in [-0.1, -0.05) is 13.8 Å². The van der Waals surface area contributed by atoms with Gasteiger partial charge in [0.25, 0.3) is 0 Å². The SMILES string of the molecule is CC[Si](C)(CC(C)(CCCN(C)C)CCCN(C)C)OC. The number of hydrogen-bond donors (Lipinski definition) is 0. The monoisotopic (exact) mass is 316 g/mol. The molecule has 0 aliphatic carbocycles. The van der Waals surface area contributed by atoms with Crippen molar-refractivity contribution in [3.8, 4) is 0 Å². The van der Waals surface area contributed by atoms with Crippen molar-refractivity contribution < 1.29 is 4.43 Å². The van der Waals surface area contributed by atoms with Crippen molar-refractivity contribution in [2.45, 2.75) is 58.2 Å². The fourth-order valence-corrected chi connectivity index (χ4v) is 6.03. The van der Waals surface area contributed by atoms with Crippen LogP contribution in [0.3, 0.4) is 0 Å². The summed E-state index contributed by atoms with van der Waals surface area (Å²) in [6.07, 6.45) is 5.24. The van der Waals surface area contributed by atoms with Gasteiger partial charge in [-0.05, 0) is 91.0 Å². The van der Waals surface area contributed by atoms with Gasteiger partial charge in [0, 0.05) is 7.11 Å². The molecule has 0 bridgehead atoms. The number of rotatable bonds is 12. The maximum absolute atomic E-state index is 5.96. The van der Waals surface area contributed by atoms with Crippen LogP contribution in [0.4, 0.5) is 0 Å². The topological polar surface area (TPSA) is 15.7 Å². The van der Waals surface area contributed by atoms with E-state index in [4.69, 9.17) is 4.43 Å². The molecule has 21 heavy (non-hydrogen) atoms. The second-order valence-corrected chi connectivity index (χ2v) is 12.2. The third kappa shape index (κ3) is 9.66. The van der Waals surface area contributed by atoms with Crippen molar-refractivity contribution in [1.82, 2.24) is 9.80 Å². The molecule has 1 unspecified atom stereocenters. The van der Waals surface area contributed by atoms with Gasteiger partial charge in [-0.3, -0.25) is 0 Å². The molecule has 0 aliphatic heterocycles. The summed E-state index contributed by atoms with van der Waals surface area (Å²) < 4.78 is 5.96. The van der Waals surface area contributed by atoms with Crippen molar-refractivity contribution in [3.63, 3.8) is 0 Å². The van der Waals surface area contributed by atoms with Gasteiger partial charge in [0.2, 0.25) is 0 Å². The summed E-state index contributed by atoms with van der Waals surface area (Å²) >= 11 is 0. The van der Waals surface area contributed by atoms with E-state index >= 15 is 0 Å². The van der Waals surface area contributed by atoms with Crippen LogP contribution in [0.25, 0.3) is 0 Å². The fraction of sp³-hybridized carbons (Fsp3) is 1.00. The summed E-state index contributed by atoms with van der Waals surface area (Å²) in [6, 6.07) is 2.52. The quantitative estimate of drug-likeness (QED) is 0.508. The summed E-state index contributed by atoms with van der Waals surface area (Å²) in [5, 5.41) is 0. The van der Waals surface area contributed by atoms with E-state index in [-0.39, 0.29) is 0 Å².